The predicted molar refractivity (Wildman–Crippen MR) is 190 cm³/mol. The summed E-state index contributed by atoms with van der Waals surface area (Å²) in [5, 5.41) is 3.21. The SMILES string of the molecule is COc1ccc(N(CC(=O)N(Cc2ccc(Br)cc2)C(Cc2ccccc2)C(=O)NC(C)(C)C)S(=O)(=O)c2ccc(C)cc2)cc1Cl. The third-order valence-corrected chi connectivity index (χ3v) is 9.96. The van der Waals surface area contributed by atoms with Crippen molar-refractivity contribution in [2.45, 2.75) is 57.1 Å². The van der Waals surface area contributed by atoms with Gasteiger partial charge in [-0.05, 0) is 81.3 Å². The summed E-state index contributed by atoms with van der Waals surface area (Å²) < 4.78 is 35.7. The molecule has 11 heteroatoms. The van der Waals surface area contributed by atoms with Crippen molar-refractivity contribution in [1.29, 1.82) is 0 Å². The first-order valence-electron chi connectivity index (χ1n) is 15.0. The third-order valence-electron chi connectivity index (χ3n) is 7.35. The van der Waals surface area contributed by atoms with Crippen LogP contribution in [0.25, 0.3) is 0 Å². The minimum Gasteiger partial charge on any atom is -0.495 e. The van der Waals surface area contributed by atoms with E-state index < -0.39 is 34.1 Å². The molecule has 0 heterocycles. The van der Waals surface area contributed by atoms with Crippen molar-refractivity contribution >= 4 is 55.1 Å². The molecule has 1 N–H and O–H groups in total. The van der Waals surface area contributed by atoms with E-state index in [1.165, 1.54) is 36.3 Å². The number of rotatable bonds is 12. The Kier molecular flexibility index (Phi) is 11.8. The van der Waals surface area contributed by atoms with Gasteiger partial charge in [-0.1, -0.05) is 87.7 Å². The molecular formula is C36H39BrClN3O5S. The van der Waals surface area contributed by atoms with Crippen molar-refractivity contribution < 1.29 is 22.7 Å². The quantitative estimate of drug-likeness (QED) is 0.166. The number of carbonyl (C=O) groups excluding carboxylic acids is 2. The van der Waals surface area contributed by atoms with Gasteiger partial charge in [-0.3, -0.25) is 13.9 Å². The number of halogens is 2. The minimum atomic E-state index is -4.27. The highest BCUT2D eigenvalue weighted by atomic mass is 79.9. The van der Waals surface area contributed by atoms with Crippen LogP contribution < -0.4 is 14.4 Å². The van der Waals surface area contributed by atoms with Crippen LogP contribution in [-0.2, 0) is 32.6 Å². The second-order valence-electron chi connectivity index (χ2n) is 12.2. The van der Waals surface area contributed by atoms with E-state index in [-0.39, 0.29) is 34.5 Å². The van der Waals surface area contributed by atoms with Gasteiger partial charge in [-0.25, -0.2) is 8.42 Å². The van der Waals surface area contributed by atoms with Crippen LogP contribution in [0.2, 0.25) is 5.02 Å². The van der Waals surface area contributed by atoms with Gasteiger partial charge < -0.3 is 15.0 Å². The molecule has 0 fully saturated rings. The average molecular weight is 741 g/mol. The van der Waals surface area contributed by atoms with Gasteiger partial charge in [-0.2, -0.15) is 0 Å². The zero-order valence-corrected chi connectivity index (χ0v) is 30.2. The zero-order chi connectivity index (χ0) is 34.4. The van der Waals surface area contributed by atoms with Crippen LogP contribution in [0.15, 0.2) is 106 Å². The van der Waals surface area contributed by atoms with Gasteiger partial charge in [0.05, 0.1) is 22.7 Å². The predicted octanol–water partition coefficient (Wildman–Crippen LogP) is 7.17. The summed E-state index contributed by atoms with van der Waals surface area (Å²) >= 11 is 9.91. The summed E-state index contributed by atoms with van der Waals surface area (Å²) in [7, 11) is -2.81. The van der Waals surface area contributed by atoms with Gasteiger partial charge in [0, 0.05) is 23.0 Å². The first kappa shape index (κ1) is 36.0. The number of amides is 2. The second-order valence-corrected chi connectivity index (χ2v) is 15.4. The van der Waals surface area contributed by atoms with Crippen molar-refractivity contribution in [3.63, 3.8) is 0 Å². The lowest BCUT2D eigenvalue weighted by atomic mass is 10.0. The number of sulfonamides is 1. The Bertz CT molecular complexity index is 1800. The highest BCUT2D eigenvalue weighted by Crippen LogP contribution is 2.32. The van der Waals surface area contributed by atoms with Crippen molar-refractivity contribution in [1.82, 2.24) is 10.2 Å². The number of aryl methyl sites for hydroxylation is 1. The van der Waals surface area contributed by atoms with Crippen molar-refractivity contribution in [2.24, 2.45) is 0 Å². The van der Waals surface area contributed by atoms with Crippen LogP contribution in [-0.4, -0.2) is 50.4 Å². The normalized spacial score (nSPS) is 12.2. The minimum absolute atomic E-state index is 0.00797. The smallest absolute Gasteiger partial charge is 0.264 e. The molecular weight excluding hydrogens is 702 g/mol. The maximum Gasteiger partial charge on any atom is 0.264 e. The molecule has 0 aliphatic heterocycles. The second kappa shape index (κ2) is 15.4. The molecule has 0 spiro atoms. The molecule has 2 amide bonds. The van der Waals surface area contributed by atoms with E-state index in [1.54, 1.807) is 18.2 Å². The monoisotopic (exact) mass is 739 g/mol. The molecule has 47 heavy (non-hydrogen) atoms. The van der Waals surface area contributed by atoms with Gasteiger partial charge >= 0.3 is 0 Å². The van der Waals surface area contributed by atoms with E-state index in [0.29, 0.717) is 5.75 Å². The zero-order valence-electron chi connectivity index (χ0n) is 27.0. The molecule has 0 radical (unpaired) electrons. The maximum atomic E-state index is 14.6. The first-order valence-corrected chi connectivity index (χ1v) is 17.6. The molecule has 1 atom stereocenters. The van der Waals surface area contributed by atoms with Gasteiger partial charge in [0.25, 0.3) is 10.0 Å². The topological polar surface area (TPSA) is 96.0 Å². The van der Waals surface area contributed by atoms with Crippen molar-refractivity contribution in [2.75, 3.05) is 18.0 Å². The molecule has 8 nitrogen and oxygen atoms in total. The maximum absolute atomic E-state index is 14.6. The number of nitrogens with zero attached hydrogens (tertiary/aromatic N) is 2. The fourth-order valence-corrected chi connectivity index (χ4v) is 6.89. The van der Waals surface area contributed by atoms with E-state index in [0.717, 1.165) is 25.5 Å². The van der Waals surface area contributed by atoms with Gasteiger partial charge in [0.15, 0.2) is 0 Å². The lowest BCUT2D eigenvalue weighted by Gasteiger charge is -2.35. The van der Waals surface area contributed by atoms with E-state index in [4.69, 9.17) is 16.3 Å². The molecule has 0 bridgehead atoms. The molecule has 0 saturated heterocycles. The molecule has 0 aliphatic carbocycles. The summed E-state index contributed by atoms with van der Waals surface area (Å²) in [6, 6.07) is 26.8. The van der Waals surface area contributed by atoms with Crippen molar-refractivity contribution in [3.05, 3.63) is 123 Å². The Hall–Kier alpha value is -3.86. The molecule has 1 unspecified atom stereocenters. The van der Waals surface area contributed by atoms with Crippen LogP contribution in [0, 0.1) is 6.92 Å². The lowest BCUT2D eigenvalue weighted by molar-refractivity contribution is -0.140. The van der Waals surface area contributed by atoms with Crippen LogP contribution in [0.5, 0.6) is 5.75 Å². The molecule has 4 aromatic rings. The Morgan fingerprint density at radius 1 is 0.915 bits per heavy atom. The molecule has 0 aliphatic rings. The largest absolute Gasteiger partial charge is 0.495 e. The fraction of sp³-hybridized carbons (Fsp3) is 0.278. The number of carbonyl (C=O) groups is 2. The van der Waals surface area contributed by atoms with Gasteiger partial charge in [-0.15, -0.1) is 0 Å². The number of anilines is 1. The van der Waals surface area contributed by atoms with Gasteiger partial charge in [0.1, 0.15) is 18.3 Å². The fourth-order valence-electron chi connectivity index (χ4n) is 4.97. The van der Waals surface area contributed by atoms with Crippen LogP contribution in [0.4, 0.5) is 5.69 Å². The molecule has 248 valence electrons. The molecule has 0 saturated carbocycles. The van der Waals surface area contributed by atoms with Crippen LogP contribution in [0.1, 0.15) is 37.5 Å². The number of benzene rings is 4. The standard InChI is InChI=1S/C36H39BrClN3O5S/c1-25-11-18-30(19-12-25)47(44,45)41(29-17-20-33(46-5)31(38)22-29)24-34(42)40(23-27-13-15-28(37)16-14-27)32(35(43)39-36(2,3)4)21-26-9-7-6-8-10-26/h6-20,22,32H,21,23-24H2,1-5H3,(H,39,43). The number of methoxy groups -OCH3 is 1. The summed E-state index contributed by atoms with van der Waals surface area (Å²) in [6.07, 6.45) is 0.212. The van der Waals surface area contributed by atoms with E-state index in [9.17, 15) is 18.0 Å². The van der Waals surface area contributed by atoms with Gasteiger partial charge in [0.2, 0.25) is 11.8 Å². The van der Waals surface area contributed by atoms with E-state index in [1.807, 2.05) is 82.3 Å². The van der Waals surface area contributed by atoms with E-state index in [2.05, 4.69) is 21.2 Å². The van der Waals surface area contributed by atoms with Crippen LogP contribution in [0.3, 0.4) is 0 Å². The average Bonchev–Trinajstić information content (AvgIpc) is 3.02. The number of nitrogens with one attached hydrogen (secondary N) is 1. The summed E-state index contributed by atoms with van der Waals surface area (Å²) in [6.45, 7) is 6.93. The third kappa shape index (κ3) is 9.59. The Labute approximate surface area is 290 Å². The molecule has 4 rings (SSSR count). The highest BCUT2D eigenvalue weighted by molar-refractivity contribution is 9.10. The summed E-state index contributed by atoms with van der Waals surface area (Å²) in [5.74, 6) is -0.569. The highest BCUT2D eigenvalue weighted by Gasteiger charge is 2.35. The number of hydrogen-bond donors (Lipinski definition) is 1. The summed E-state index contributed by atoms with van der Waals surface area (Å²) in [4.78, 5) is 30.1. The Balaban J connectivity index is 1.84. The van der Waals surface area contributed by atoms with E-state index >= 15 is 0 Å². The Morgan fingerprint density at radius 2 is 1.55 bits per heavy atom. The summed E-state index contributed by atoms with van der Waals surface area (Å²) in [5.41, 5.74) is 2.09. The molecule has 0 aromatic heterocycles. The first-order chi connectivity index (χ1) is 22.2. The molecule has 4 aromatic carbocycles. The van der Waals surface area contributed by atoms with Crippen molar-refractivity contribution in [3.8, 4) is 5.75 Å². The lowest BCUT2D eigenvalue weighted by Crippen LogP contribution is -2.56. The Morgan fingerprint density at radius 3 is 2.13 bits per heavy atom. The number of hydrogen-bond acceptors (Lipinski definition) is 5. The van der Waals surface area contributed by atoms with Crippen LogP contribution >= 0.6 is 27.5 Å². The number of ether oxygens (including phenoxy) is 1.